The topological polar surface area (TPSA) is 23.5 Å². The first-order chi connectivity index (χ1) is 9.38. The lowest BCUT2D eigenvalue weighted by Crippen LogP contribution is -2.55. The van der Waals surface area contributed by atoms with Crippen molar-refractivity contribution in [3.05, 3.63) is 34.1 Å². The summed E-state index contributed by atoms with van der Waals surface area (Å²) in [7, 11) is 0. The minimum atomic E-state index is -0.601. The van der Waals surface area contributed by atoms with Crippen molar-refractivity contribution >= 4 is 15.9 Å². The van der Waals surface area contributed by atoms with Crippen LogP contribution in [0.25, 0.3) is 0 Å². The van der Waals surface area contributed by atoms with Crippen molar-refractivity contribution in [1.82, 2.24) is 4.90 Å². The molecule has 1 aromatic rings. The molecule has 0 bridgehead atoms. The van der Waals surface area contributed by atoms with E-state index >= 15 is 0 Å². The highest BCUT2D eigenvalue weighted by Gasteiger charge is 2.36. The van der Waals surface area contributed by atoms with Gasteiger partial charge in [-0.1, -0.05) is 36.7 Å². The van der Waals surface area contributed by atoms with Gasteiger partial charge in [0.25, 0.3) is 0 Å². The summed E-state index contributed by atoms with van der Waals surface area (Å²) in [6, 6.07) is 4.86. The summed E-state index contributed by atoms with van der Waals surface area (Å²) in [6.07, 6.45) is 0.550. The van der Waals surface area contributed by atoms with E-state index in [0.29, 0.717) is 12.0 Å². The highest BCUT2D eigenvalue weighted by atomic mass is 79.9. The van der Waals surface area contributed by atoms with Crippen LogP contribution in [-0.4, -0.2) is 34.7 Å². The van der Waals surface area contributed by atoms with Crippen LogP contribution in [0.1, 0.15) is 39.7 Å². The zero-order valence-corrected chi connectivity index (χ0v) is 14.4. The monoisotopic (exact) mass is 345 g/mol. The van der Waals surface area contributed by atoms with E-state index in [1.54, 1.807) is 12.1 Å². The molecule has 2 atom stereocenters. The molecule has 0 aliphatic heterocycles. The lowest BCUT2D eigenvalue weighted by Gasteiger charge is -2.43. The Morgan fingerprint density at radius 2 is 1.90 bits per heavy atom. The highest BCUT2D eigenvalue weighted by molar-refractivity contribution is 9.10. The zero-order chi connectivity index (χ0) is 15.3. The molecule has 1 N–H and O–H groups in total. The van der Waals surface area contributed by atoms with Gasteiger partial charge in [-0.15, -0.1) is 0 Å². The van der Waals surface area contributed by atoms with Crippen molar-refractivity contribution in [3.8, 4) is 0 Å². The number of hydrogen-bond donors (Lipinski definition) is 1. The zero-order valence-electron chi connectivity index (χ0n) is 12.8. The lowest BCUT2D eigenvalue weighted by atomic mass is 9.85. The number of rotatable bonds is 7. The Morgan fingerprint density at radius 1 is 1.30 bits per heavy atom. The summed E-state index contributed by atoms with van der Waals surface area (Å²) in [5, 5.41) is 10.6. The van der Waals surface area contributed by atoms with Crippen molar-refractivity contribution in [3.63, 3.8) is 0 Å². The molecule has 0 saturated heterocycles. The number of likely N-dealkylation sites (N-methyl/N-ethyl adjacent to an activating group) is 1. The van der Waals surface area contributed by atoms with Gasteiger partial charge in [-0.3, -0.25) is 4.90 Å². The molecule has 0 aliphatic carbocycles. The summed E-state index contributed by atoms with van der Waals surface area (Å²) in [5.41, 5.74) is 0.219. The van der Waals surface area contributed by atoms with E-state index < -0.39 is 6.10 Å². The molecule has 0 saturated carbocycles. The fourth-order valence-corrected chi connectivity index (χ4v) is 3.15. The van der Waals surface area contributed by atoms with Gasteiger partial charge in [0, 0.05) is 16.4 Å². The van der Waals surface area contributed by atoms with Gasteiger partial charge < -0.3 is 5.11 Å². The van der Waals surface area contributed by atoms with E-state index in [9.17, 15) is 9.50 Å². The summed E-state index contributed by atoms with van der Waals surface area (Å²) in [6.45, 7) is 10.0. The first kappa shape index (κ1) is 17.6. The highest BCUT2D eigenvalue weighted by Crippen LogP contribution is 2.27. The van der Waals surface area contributed by atoms with Gasteiger partial charge in [-0.25, -0.2) is 4.39 Å². The molecule has 0 heterocycles. The summed E-state index contributed by atoms with van der Waals surface area (Å²) in [4.78, 5) is 2.24. The van der Waals surface area contributed by atoms with Crippen LogP contribution >= 0.6 is 15.9 Å². The molecule has 0 spiro atoms. The van der Waals surface area contributed by atoms with Crippen molar-refractivity contribution in [2.75, 3.05) is 13.1 Å². The predicted octanol–water partition coefficient (Wildman–Crippen LogP) is 4.00. The quantitative estimate of drug-likeness (QED) is 0.807. The molecule has 2 unspecified atom stereocenters. The van der Waals surface area contributed by atoms with Gasteiger partial charge in [-0.05, 0) is 50.2 Å². The van der Waals surface area contributed by atoms with Crippen LogP contribution in [0, 0.1) is 5.82 Å². The number of benzene rings is 1. The van der Waals surface area contributed by atoms with E-state index in [4.69, 9.17) is 0 Å². The second kappa shape index (κ2) is 7.53. The average Bonchev–Trinajstić information content (AvgIpc) is 2.43. The van der Waals surface area contributed by atoms with Crippen LogP contribution < -0.4 is 0 Å². The van der Waals surface area contributed by atoms with Gasteiger partial charge >= 0.3 is 0 Å². The average molecular weight is 346 g/mol. The fraction of sp³-hybridized carbons (Fsp3) is 0.625. The Morgan fingerprint density at radius 3 is 2.40 bits per heavy atom. The summed E-state index contributed by atoms with van der Waals surface area (Å²) >= 11 is 3.35. The van der Waals surface area contributed by atoms with Crippen LogP contribution in [0.4, 0.5) is 4.39 Å². The molecular formula is C16H25BrFNO. The number of nitrogens with zero attached hydrogens (tertiary/aromatic N) is 1. The van der Waals surface area contributed by atoms with Crippen LogP contribution in [0.5, 0.6) is 0 Å². The molecule has 0 radical (unpaired) electrons. The normalized spacial score (nSPS) is 16.2. The minimum Gasteiger partial charge on any atom is -0.391 e. The largest absolute Gasteiger partial charge is 0.391 e. The van der Waals surface area contributed by atoms with E-state index in [1.807, 2.05) is 0 Å². The Balaban J connectivity index is 2.97. The molecule has 20 heavy (non-hydrogen) atoms. The van der Waals surface area contributed by atoms with Crippen molar-refractivity contribution in [2.45, 2.75) is 52.2 Å². The van der Waals surface area contributed by atoms with Crippen LogP contribution in [0.15, 0.2) is 22.7 Å². The maximum atomic E-state index is 13.8. The maximum Gasteiger partial charge on any atom is 0.126 e. The third-order valence-electron chi connectivity index (χ3n) is 4.34. The fourth-order valence-electron chi connectivity index (χ4n) is 2.74. The second-order valence-electron chi connectivity index (χ2n) is 5.34. The Kier molecular flexibility index (Phi) is 6.62. The van der Waals surface area contributed by atoms with Crippen molar-refractivity contribution in [1.29, 1.82) is 0 Å². The third kappa shape index (κ3) is 3.80. The Labute approximate surface area is 130 Å². The van der Waals surface area contributed by atoms with Crippen molar-refractivity contribution < 1.29 is 9.50 Å². The predicted molar refractivity (Wildman–Crippen MR) is 85.4 cm³/mol. The van der Waals surface area contributed by atoms with E-state index in [2.05, 4.69) is 48.5 Å². The van der Waals surface area contributed by atoms with Crippen LogP contribution in [0.2, 0.25) is 0 Å². The summed E-state index contributed by atoms with van der Waals surface area (Å²) < 4.78 is 14.7. The lowest BCUT2D eigenvalue weighted by molar-refractivity contribution is -0.0194. The van der Waals surface area contributed by atoms with E-state index in [1.165, 1.54) is 6.07 Å². The molecule has 2 nitrogen and oxygen atoms in total. The van der Waals surface area contributed by atoms with E-state index in [0.717, 1.165) is 24.0 Å². The molecule has 0 aliphatic rings. The Hall–Kier alpha value is -0.450. The van der Waals surface area contributed by atoms with Gasteiger partial charge in [0.1, 0.15) is 5.82 Å². The number of hydrogen-bond acceptors (Lipinski definition) is 2. The molecular weight excluding hydrogens is 321 g/mol. The van der Waals surface area contributed by atoms with Crippen LogP contribution in [0.3, 0.4) is 0 Å². The molecule has 0 aromatic heterocycles. The Bertz CT molecular complexity index is 436. The van der Waals surface area contributed by atoms with Gasteiger partial charge in [-0.2, -0.15) is 0 Å². The SMILES string of the molecule is CCN(CC)C(C)(CC)C(O)Cc1cc(Br)ccc1F. The van der Waals surface area contributed by atoms with Crippen LogP contribution in [-0.2, 0) is 6.42 Å². The second-order valence-corrected chi connectivity index (χ2v) is 6.25. The van der Waals surface area contributed by atoms with Crippen molar-refractivity contribution in [2.24, 2.45) is 0 Å². The molecule has 0 amide bonds. The number of aliphatic hydroxyl groups excluding tert-OH is 1. The van der Waals surface area contributed by atoms with Gasteiger partial charge in [0.15, 0.2) is 0 Å². The maximum absolute atomic E-state index is 13.8. The molecule has 114 valence electrons. The molecule has 1 rings (SSSR count). The first-order valence-corrected chi connectivity index (χ1v) is 8.05. The first-order valence-electron chi connectivity index (χ1n) is 7.26. The standard InChI is InChI=1S/C16H25BrFNO/c1-5-16(4,19(6-2)7-3)15(20)11-12-10-13(17)8-9-14(12)18/h8-10,15,20H,5-7,11H2,1-4H3. The minimum absolute atomic E-state index is 0.259. The third-order valence-corrected chi connectivity index (χ3v) is 4.83. The van der Waals surface area contributed by atoms with Gasteiger partial charge in [0.05, 0.1) is 6.10 Å². The summed E-state index contributed by atoms with van der Waals surface area (Å²) in [5.74, 6) is -0.259. The van der Waals surface area contributed by atoms with Gasteiger partial charge in [0.2, 0.25) is 0 Å². The molecule has 0 fully saturated rings. The molecule has 4 heteroatoms. The molecule has 1 aromatic carbocycles. The smallest absolute Gasteiger partial charge is 0.126 e. The number of aliphatic hydroxyl groups is 1. The number of halogens is 2. The van der Waals surface area contributed by atoms with E-state index in [-0.39, 0.29) is 11.4 Å².